The van der Waals surface area contributed by atoms with E-state index >= 15 is 0 Å². The molecule has 9 heteroatoms. The van der Waals surface area contributed by atoms with Gasteiger partial charge in [0.05, 0.1) is 24.3 Å². The van der Waals surface area contributed by atoms with Crippen LogP contribution in [-0.4, -0.2) is 9.97 Å². The minimum absolute atomic E-state index is 0. The van der Waals surface area contributed by atoms with Gasteiger partial charge in [-0.15, -0.1) is 29.8 Å². The second kappa shape index (κ2) is 10.4. The fourth-order valence-electron chi connectivity index (χ4n) is 3.19. The molecule has 0 atom stereocenters. The molecule has 2 heterocycles. The molecule has 0 saturated carbocycles. The van der Waals surface area contributed by atoms with Crippen molar-refractivity contribution in [3.8, 4) is 28.6 Å². The number of nitrogens with zero attached hydrogens (tertiary/aromatic N) is 4. The van der Waals surface area contributed by atoms with E-state index in [2.05, 4.69) is 26.9 Å². The molecule has 4 rings (SSSR count). The number of hydrogen-bond donors (Lipinski definition) is 0. The van der Waals surface area contributed by atoms with Crippen molar-refractivity contribution in [3.05, 3.63) is 112 Å². The molecule has 4 aromatic rings. The van der Waals surface area contributed by atoms with Gasteiger partial charge >= 0.3 is 21.1 Å². The summed E-state index contributed by atoms with van der Waals surface area (Å²) >= 11 is 0. The Morgan fingerprint density at radius 2 is 1.38 bits per heavy atom. The van der Waals surface area contributed by atoms with E-state index in [0.717, 1.165) is 12.1 Å². The van der Waals surface area contributed by atoms with Gasteiger partial charge in [0.15, 0.2) is 5.69 Å². The molecule has 0 radical (unpaired) electrons. The van der Waals surface area contributed by atoms with Crippen LogP contribution < -0.4 is 0 Å². The SMILES string of the molecule is [C-]#[N+]c1c(F)c[c-]c(-c2cccc(Cc3cccc(-c4[c-]cc(F)c(C#N)c4F)n3)n2)c1F.[Pt+2]. The summed E-state index contributed by atoms with van der Waals surface area (Å²) in [5.74, 6) is -4.12. The second-order valence-electron chi connectivity index (χ2n) is 6.80. The normalized spacial score (nSPS) is 10.2. The maximum atomic E-state index is 14.5. The maximum Gasteiger partial charge on any atom is 2.00 e. The molecule has 0 fully saturated rings. The van der Waals surface area contributed by atoms with Crippen LogP contribution in [0.1, 0.15) is 17.0 Å². The average Bonchev–Trinajstić information content (AvgIpc) is 2.80. The van der Waals surface area contributed by atoms with Gasteiger partial charge in [-0.3, -0.25) is 22.4 Å². The van der Waals surface area contributed by atoms with Crippen LogP contribution in [-0.2, 0) is 27.5 Å². The standard InChI is InChI=1S/C25H10F4N4.Pt/c1-31-25-20(27)11-9-17(24(25)29)22-7-3-5-15(33-22)12-14-4-2-6-21(32-14)16-8-10-19(26)18(13-30)23(16)28;/h2-7,10-11H,12H2;/q-2;+2. The Morgan fingerprint density at radius 1 is 0.853 bits per heavy atom. The van der Waals surface area contributed by atoms with Crippen LogP contribution >= 0.6 is 0 Å². The monoisotopic (exact) mass is 637 g/mol. The van der Waals surface area contributed by atoms with Gasteiger partial charge in [-0.25, -0.2) is 0 Å². The summed E-state index contributed by atoms with van der Waals surface area (Å²) in [4.78, 5) is 11.6. The van der Waals surface area contributed by atoms with Crippen LogP contribution in [0, 0.1) is 53.3 Å². The van der Waals surface area contributed by atoms with Gasteiger partial charge in [-0.1, -0.05) is 29.8 Å². The summed E-state index contributed by atoms with van der Waals surface area (Å²) in [6.07, 6.45) is 0.175. The number of rotatable bonds is 4. The molecule has 0 aliphatic rings. The maximum absolute atomic E-state index is 14.5. The van der Waals surface area contributed by atoms with E-state index in [9.17, 15) is 17.6 Å². The van der Waals surface area contributed by atoms with Crippen molar-refractivity contribution < 1.29 is 38.6 Å². The number of benzene rings is 2. The molecule has 0 aliphatic heterocycles. The van der Waals surface area contributed by atoms with Crippen molar-refractivity contribution in [2.75, 3.05) is 0 Å². The average molecular weight is 637 g/mol. The fourth-order valence-corrected chi connectivity index (χ4v) is 3.19. The predicted molar refractivity (Wildman–Crippen MR) is 111 cm³/mol. The summed E-state index contributed by atoms with van der Waals surface area (Å²) in [6.45, 7) is 6.95. The van der Waals surface area contributed by atoms with Gasteiger partial charge in [0, 0.05) is 35.0 Å². The van der Waals surface area contributed by atoms with Crippen molar-refractivity contribution in [3.63, 3.8) is 0 Å². The third-order valence-electron chi connectivity index (χ3n) is 4.73. The number of aromatic nitrogens is 2. The minimum atomic E-state index is -1.06. The van der Waals surface area contributed by atoms with Gasteiger partial charge in [-0.05, 0) is 23.5 Å². The summed E-state index contributed by atoms with van der Waals surface area (Å²) in [5.41, 5.74) is -0.497. The smallest absolute Gasteiger partial charge is 0.301 e. The number of nitriles is 1. The number of pyridine rings is 2. The summed E-state index contributed by atoms with van der Waals surface area (Å²) in [6, 6.07) is 17.7. The first-order valence-electron chi connectivity index (χ1n) is 9.42. The zero-order chi connectivity index (χ0) is 23.5. The van der Waals surface area contributed by atoms with E-state index in [-0.39, 0.29) is 50.0 Å². The second-order valence-corrected chi connectivity index (χ2v) is 6.80. The zero-order valence-electron chi connectivity index (χ0n) is 16.9. The number of halogens is 4. The fraction of sp³-hybridized carbons (Fsp3) is 0.0400. The van der Waals surface area contributed by atoms with E-state index in [1.165, 1.54) is 18.2 Å². The third-order valence-corrected chi connectivity index (χ3v) is 4.73. The molecule has 2 aromatic carbocycles. The predicted octanol–water partition coefficient (Wildman–Crippen LogP) is 5.98. The molecular weight excluding hydrogens is 627 g/mol. The molecule has 0 amide bonds. The van der Waals surface area contributed by atoms with E-state index in [1.54, 1.807) is 24.3 Å². The summed E-state index contributed by atoms with van der Waals surface area (Å²) < 4.78 is 56.2. The number of hydrogen-bond acceptors (Lipinski definition) is 3. The van der Waals surface area contributed by atoms with Crippen molar-refractivity contribution >= 4 is 5.69 Å². The topological polar surface area (TPSA) is 53.9 Å². The Hall–Kier alpha value is -3.87. The van der Waals surface area contributed by atoms with E-state index < -0.39 is 34.5 Å². The molecule has 0 unspecified atom stereocenters. The molecule has 0 bridgehead atoms. The largest absolute Gasteiger partial charge is 2.00 e. The Bertz CT molecular complexity index is 1360. The third kappa shape index (κ3) is 4.73. The minimum Gasteiger partial charge on any atom is -0.301 e. The van der Waals surface area contributed by atoms with Gasteiger partial charge in [0.1, 0.15) is 0 Å². The zero-order valence-corrected chi connectivity index (χ0v) is 19.2. The Balaban J connectivity index is 0.00000324. The van der Waals surface area contributed by atoms with E-state index in [0.29, 0.717) is 11.4 Å². The first-order chi connectivity index (χ1) is 15.9. The van der Waals surface area contributed by atoms with Gasteiger partial charge in [0.2, 0.25) is 0 Å². The molecule has 34 heavy (non-hydrogen) atoms. The summed E-state index contributed by atoms with van der Waals surface area (Å²) in [7, 11) is 0. The molecule has 168 valence electrons. The van der Waals surface area contributed by atoms with Gasteiger partial charge in [0.25, 0.3) is 0 Å². The van der Waals surface area contributed by atoms with Gasteiger partial charge in [-0.2, -0.15) is 5.26 Å². The molecule has 4 nitrogen and oxygen atoms in total. The van der Waals surface area contributed by atoms with Crippen molar-refractivity contribution in [1.82, 2.24) is 9.97 Å². The van der Waals surface area contributed by atoms with Crippen LogP contribution in [0.15, 0.2) is 48.5 Å². The molecule has 0 spiro atoms. The molecule has 0 saturated heterocycles. The van der Waals surface area contributed by atoms with Crippen molar-refractivity contribution in [1.29, 1.82) is 5.26 Å². The van der Waals surface area contributed by atoms with Crippen LogP contribution in [0.2, 0.25) is 0 Å². The Labute approximate surface area is 206 Å². The van der Waals surface area contributed by atoms with E-state index in [4.69, 9.17) is 11.8 Å². The molecular formula is C25H10F4N4Pt. The summed E-state index contributed by atoms with van der Waals surface area (Å²) in [5, 5.41) is 8.97. The Morgan fingerprint density at radius 3 is 1.91 bits per heavy atom. The van der Waals surface area contributed by atoms with Crippen LogP contribution in [0.25, 0.3) is 27.4 Å². The Kier molecular flexibility index (Phi) is 7.56. The quantitative estimate of drug-likeness (QED) is 0.205. The van der Waals surface area contributed by atoms with Crippen LogP contribution in [0.4, 0.5) is 23.2 Å². The molecule has 0 aliphatic carbocycles. The van der Waals surface area contributed by atoms with Crippen molar-refractivity contribution in [2.24, 2.45) is 0 Å². The van der Waals surface area contributed by atoms with E-state index in [1.807, 2.05) is 0 Å². The van der Waals surface area contributed by atoms with Crippen LogP contribution in [0.5, 0.6) is 0 Å². The molecule has 2 aromatic heterocycles. The molecule has 0 N–H and O–H groups in total. The van der Waals surface area contributed by atoms with Crippen LogP contribution in [0.3, 0.4) is 0 Å². The van der Waals surface area contributed by atoms with Gasteiger partial charge < -0.3 is 9.97 Å². The first kappa shape index (κ1) is 24.8. The first-order valence-corrected chi connectivity index (χ1v) is 9.42. The van der Waals surface area contributed by atoms with Crippen molar-refractivity contribution in [2.45, 2.75) is 6.42 Å².